The van der Waals surface area contributed by atoms with Crippen molar-refractivity contribution in [2.75, 3.05) is 6.61 Å². The molecule has 4 nitrogen and oxygen atoms in total. The average Bonchev–Trinajstić information content (AvgIpc) is 2.49. The second kappa shape index (κ2) is 9.50. The van der Waals surface area contributed by atoms with E-state index in [-0.39, 0.29) is 12.5 Å². The van der Waals surface area contributed by atoms with E-state index in [0.29, 0.717) is 12.0 Å². The lowest BCUT2D eigenvalue weighted by Gasteiger charge is -2.22. The van der Waals surface area contributed by atoms with Crippen LogP contribution in [0.15, 0.2) is 30.3 Å². The zero-order valence-electron chi connectivity index (χ0n) is 12.1. The van der Waals surface area contributed by atoms with Gasteiger partial charge in [0.05, 0.1) is 18.8 Å². The molecule has 20 heavy (non-hydrogen) atoms. The summed E-state index contributed by atoms with van der Waals surface area (Å²) in [7, 11) is 0. The molecule has 0 radical (unpaired) electrons. The number of hydrogen-bond acceptors (Lipinski definition) is 3. The van der Waals surface area contributed by atoms with E-state index in [9.17, 15) is 15.0 Å². The van der Waals surface area contributed by atoms with Crippen molar-refractivity contribution in [3.8, 4) is 0 Å². The van der Waals surface area contributed by atoms with E-state index in [1.807, 2.05) is 6.07 Å². The normalized spacial score (nSPS) is 13.8. The molecule has 2 atom stereocenters. The molecule has 0 heterocycles. The predicted octanol–water partition coefficient (Wildman–Crippen LogP) is 2.11. The van der Waals surface area contributed by atoms with Gasteiger partial charge in [-0.15, -0.1) is 0 Å². The lowest BCUT2D eigenvalue weighted by Crippen LogP contribution is -2.45. The molecule has 0 saturated carbocycles. The number of rotatable bonds is 9. The highest BCUT2D eigenvalue weighted by Crippen LogP contribution is 2.09. The van der Waals surface area contributed by atoms with Crippen molar-refractivity contribution in [3.05, 3.63) is 35.9 Å². The third-order valence-corrected chi connectivity index (χ3v) is 3.37. The number of carbonyl (C=O) groups is 1. The average molecular weight is 279 g/mol. The standard InChI is InChI=1S/C16H25NO3/c1-2-3-4-8-11-15(19)14(12-18)17-16(20)13-9-6-5-7-10-13/h5-7,9-10,14-15,18-19H,2-4,8,11-12H2,1H3,(H,17,20)/t14-,15+/m0/s1. The second-order valence-electron chi connectivity index (χ2n) is 5.05. The van der Waals surface area contributed by atoms with Crippen molar-refractivity contribution in [3.63, 3.8) is 0 Å². The van der Waals surface area contributed by atoms with Gasteiger partial charge in [-0.1, -0.05) is 50.8 Å². The molecule has 0 bridgehead atoms. The van der Waals surface area contributed by atoms with Gasteiger partial charge in [-0.2, -0.15) is 0 Å². The van der Waals surface area contributed by atoms with Crippen molar-refractivity contribution in [2.45, 2.75) is 51.2 Å². The van der Waals surface area contributed by atoms with Crippen LogP contribution >= 0.6 is 0 Å². The number of aliphatic hydroxyl groups is 2. The first kappa shape index (κ1) is 16.7. The summed E-state index contributed by atoms with van der Waals surface area (Å²) in [5.74, 6) is -0.266. The zero-order valence-corrected chi connectivity index (χ0v) is 12.1. The van der Waals surface area contributed by atoms with Crippen LogP contribution in [-0.2, 0) is 0 Å². The van der Waals surface area contributed by atoms with Crippen molar-refractivity contribution >= 4 is 5.91 Å². The van der Waals surface area contributed by atoms with Gasteiger partial charge in [0.25, 0.3) is 5.91 Å². The highest BCUT2D eigenvalue weighted by Gasteiger charge is 2.20. The largest absolute Gasteiger partial charge is 0.394 e. The first-order valence-electron chi connectivity index (χ1n) is 7.33. The van der Waals surface area contributed by atoms with Gasteiger partial charge < -0.3 is 15.5 Å². The van der Waals surface area contributed by atoms with Gasteiger partial charge in [0.2, 0.25) is 0 Å². The third-order valence-electron chi connectivity index (χ3n) is 3.37. The summed E-state index contributed by atoms with van der Waals surface area (Å²) in [6.45, 7) is 1.88. The summed E-state index contributed by atoms with van der Waals surface area (Å²) < 4.78 is 0. The number of benzene rings is 1. The minimum Gasteiger partial charge on any atom is -0.394 e. The van der Waals surface area contributed by atoms with Gasteiger partial charge in [-0.05, 0) is 18.6 Å². The van der Waals surface area contributed by atoms with E-state index in [2.05, 4.69) is 12.2 Å². The highest BCUT2D eigenvalue weighted by atomic mass is 16.3. The summed E-state index contributed by atoms with van der Waals surface area (Å²) >= 11 is 0. The first-order valence-corrected chi connectivity index (χ1v) is 7.33. The van der Waals surface area contributed by atoms with Crippen molar-refractivity contribution < 1.29 is 15.0 Å². The molecule has 0 saturated heterocycles. The Labute approximate surface area is 120 Å². The maximum Gasteiger partial charge on any atom is 0.251 e. The summed E-state index contributed by atoms with van der Waals surface area (Å²) in [6, 6.07) is 8.20. The smallest absolute Gasteiger partial charge is 0.251 e. The molecule has 112 valence electrons. The Morgan fingerprint density at radius 2 is 1.90 bits per heavy atom. The number of hydrogen-bond donors (Lipinski definition) is 3. The molecule has 0 aliphatic heterocycles. The number of unbranched alkanes of at least 4 members (excludes halogenated alkanes) is 3. The molecule has 1 aromatic carbocycles. The molecule has 0 aliphatic rings. The minimum atomic E-state index is -0.704. The van der Waals surface area contributed by atoms with Crippen LogP contribution in [0, 0.1) is 0 Å². The molecule has 1 aromatic rings. The molecule has 1 rings (SSSR count). The van der Waals surface area contributed by atoms with E-state index in [0.717, 1.165) is 25.7 Å². The SMILES string of the molecule is CCCCCC[C@@H](O)[C@H](CO)NC(=O)c1ccccc1. The lowest BCUT2D eigenvalue weighted by molar-refractivity contribution is 0.0662. The Kier molecular flexibility index (Phi) is 7.92. The number of nitrogens with one attached hydrogen (secondary N) is 1. The van der Waals surface area contributed by atoms with Gasteiger partial charge >= 0.3 is 0 Å². The van der Waals surface area contributed by atoms with Gasteiger partial charge in [0.15, 0.2) is 0 Å². The second-order valence-corrected chi connectivity index (χ2v) is 5.05. The van der Waals surface area contributed by atoms with Crippen LogP contribution in [0.25, 0.3) is 0 Å². The van der Waals surface area contributed by atoms with Crippen molar-refractivity contribution in [1.29, 1.82) is 0 Å². The quantitative estimate of drug-likeness (QED) is 0.606. The van der Waals surface area contributed by atoms with Crippen LogP contribution in [0.5, 0.6) is 0 Å². The van der Waals surface area contributed by atoms with E-state index >= 15 is 0 Å². The fraction of sp³-hybridized carbons (Fsp3) is 0.562. The number of aliphatic hydroxyl groups excluding tert-OH is 2. The molecule has 0 unspecified atom stereocenters. The molecule has 0 spiro atoms. The minimum absolute atomic E-state index is 0.256. The van der Waals surface area contributed by atoms with Gasteiger partial charge in [0, 0.05) is 5.56 Å². The van der Waals surface area contributed by atoms with E-state index in [1.165, 1.54) is 0 Å². The van der Waals surface area contributed by atoms with E-state index in [4.69, 9.17) is 0 Å². The van der Waals surface area contributed by atoms with Crippen LogP contribution < -0.4 is 5.32 Å². The van der Waals surface area contributed by atoms with E-state index in [1.54, 1.807) is 24.3 Å². The molecule has 0 fully saturated rings. The van der Waals surface area contributed by atoms with Crippen LogP contribution in [0.2, 0.25) is 0 Å². The molecule has 4 heteroatoms. The molecule has 1 amide bonds. The van der Waals surface area contributed by atoms with Crippen molar-refractivity contribution in [2.24, 2.45) is 0 Å². The Morgan fingerprint density at radius 3 is 2.50 bits per heavy atom. The predicted molar refractivity (Wildman–Crippen MR) is 79.5 cm³/mol. The van der Waals surface area contributed by atoms with Crippen LogP contribution in [0.1, 0.15) is 49.4 Å². The Morgan fingerprint density at radius 1 is 1.20 bits per heavy atom. The van der Waals surface area contributed by atoms with Gasteiger partial charge in [-0.3, -0.25) is 4.79 Å². The van der Waals surface area contributed by atoms with Gasteiger partial charge in [-0.25, -0.2) is 0 Å². The summed E-state index contributed by atoms with van der Waals surface area (Å²) in [6.07, 6.45) is 4.16. The Bertz CT molecular complexity index is 381. The highest BCUT2D eigenvalue weighted by molar-refractivity contribution is 5.94. The topological polar surface area (TPSA) is 69.6 Å². The van der Waals surface area contributed by atoms with Crippen LogP contribution in [0.4, 0.5) is 0 Å². The summed E-state index contributed by atoms with van der Waals surface area (Å²) in [4.78, 5) is 12.0. The van der Waals surface area contributed by atoms with Crippen LogP contribution in [0.3, 0.4) is 0 Å². The molecule has 0 aliphatic carbocycles. The summed E-state index contributed by atoms with van der Waals surface area (Å²) in [5, 5.41) is 22.0. The molecular formula is C16H25NO3. The lowest BCUT2D eigenvalue weighted by atomic mass is 10.0. The van der Waals surface area contributed by atoms with Crippen LogP contribution in [-0.4, -0.2) is 34.9 Å². The third kappa shape index (κ3) is 5.72. The van der Waals surface area contributed by atoms with Gasteiger partial charge in [0.1, 0.15) is 0 Å². The fourth-order valence-electron chi connectivity index (χ4n) is 2.09. The number of amides is 1. The molecule has 0 aromatic heterocycles. The molecule has 3 N–H and O–H groups in total. The zero-order chi connectivity index (χ0) is 14.8. The summed E-state index contributed by atoms with van der Waals surface area (Å²) in [5.41, 5.74) is 0.532. The number of carbonyl (C=O) groups excluding carboxylic acids is 1. The molecular weight excluding hydrogens is 254 g/mol. The maximum absolute atomic E-state index is 12.0. The fourth-order valence-corrected chi connectivity index (χ4v) is 2.09. The Balaban J connectivity index is 2.43. The monoisotopic (exact) mass is 279 g/mol. The maximum atomic E-state index is 12.0. The Hall–Kier alpha value is -1.39. The van der Waals surface area contributed by atoms with E-state index < -0.39 is 12.1 Å². The first-order chi connectivity index (χ1) is 9.69. The van der Waals surface area contributed by atoms with Crippen molar-refractivity contribution in [1.82, 2.24) is 5.32 Å².